The highest BCUT2D eigenvalue weighted by molar-refractivity contribution is 5.13. The number of hydrogen-bond donors (Lipinski definition) is 3. The maximum atomic E-state index is 11.7. The largest absolute Gasteiger partial charge is 0.396 e. The SMILES string of the molecule is CC[C@H]1[C@@H](O)C2C3CC[C@H]([C@H](C)CCCO)[C@@]3(C)CCC2[C@@]2(C)CC[C@H](O)C[C@@H]12. The van der Waals surface area contributed by atoms with Crippen molar-refractivity contribution in [3.05, 3.63) is 0 Å². The van der Waals surface area contributed by atoms with E-state index in [0.717, 1.165) is 44.4 Å². The van der Waals surface area contributed by atoms with Gasteiger partial charge in [0.05, 0.1) is 12.2 Å². The van der Waals surface area contributed by atoms with Crippen LogP contribution in [0.25, 0.3) is 0 Å². The van der Waals surface area contributed by atoms with Crippen molar-refractivity contribution >= 4 is 0 Å². The van der Waals surface area contributed by atoms with Crippen LogP contribution in [0.2, 0.25) is 0 Å². The summed E-state index contributed by atoms with van der Waals surface area (Å²) in [6.45, 7) is 10.0. The molecule has 0 amide bonds. The average Bonchev–Trinajstić information content (AvgIpc) is 3.05. The maximum Gasteiger partial charge on any atom is 0.0605 e. The first-order valence-corrected chi connectivity index (χ1v) is 12.7. The van der Waals surface area contributed by atoms with Crippen LogP contribution in [-0.2, 0) is 0 Å². The molecule has 0 aromatic carbocycles. The van der Waals surface area contributed by atoms with Crippen molar-refractivity contribution in [2.45, 2.75) is 104 Å². The van der Waals surface area contributed by atoms with Gasteiger partial charge < -0.3 is 15.3 Å². The molecule has 3 N–H and O–H groups in total. The van der Waals surface area contributed by atoms with E-state index in [1.54, 1.807) is 0 Å². The fraction of sp³-hybridized carbons (Fsp3) is 1.00. The summed E-state index contributed by atoms with van der Waals surface area (Å²) in [5.74, 6) is 3.97. The molecule has 4 rings (SSSR count). The van der Waals surface area contributed by atoms with E-state index in [9.17, 15) is 15.3 Å². The lowest BCUT2D eigenvalue weighted by molar-refractivity contribution is -0.203. The number of aliphatic hydroxyl groups is 3. The Bertz CT molecular complexity index is 578. The predicted molar refractivity (Wildman–Crippen MR) is 117 cm³/mol. The lowest BCUT2D eigenvalue weighted by Gasteiger charge is -2.64. The van der Waals surface area contributed by atoms with Gasteiger partial charge in [0.15, 0.2) is 0 Å². The van der Waals surface area contributed by atoms with Gasteiger partial charge in [0, 0.05) is 6.61 Å². The Balaban J connectivity index is 1.63. The Labute approximate surface area is 178 Å². The van der Waals surface area contributed by atoms with Crippen LogP contribution in [0.3, 0.4) is 0 Å². The molecular weight excluding hydrogens is 360 g/mol. The first-order valence-electron chi connectivity index (χ1n) is 12.7. The Hall–Kier alpha value is -0.120. The molecule has 4 saturated carbocycles. The summed E-state index contributed by atoms with van der Waals surface area (Å²) in [7, 11) is 0. The number of rotatable bonds is 5. The predicted octanol–water partition coefficient (Wildman–Crippen LogP) is 5.02. The van der Waals surface area contributed by atoms with E-state index in [2.05, 4.69) is 27.7 Å². The second-order valence-electron chi connectivity index (χ2n) is 12.0. The van der Waals surface area contributed by atoms with Crippen LogP contribution in [0.15, 0.2) is 0 Å². The molecule has 3 heteroatoms. The second-order valence-corrected chi connectivity index (χ2v) is 12.0. The van der Waals surface area contributed by atoms with Crippen LogP contribution in [0.5, 0.6) is 0 Å². The molecule has 0 radical (unpaired) electrons. The van der Waals surface area contributed by atoms with E-state index in [1.165, 1.54) is 25.7 Å². The molecule has 4 fully saturated rings. The molecule has 0 heterocycles. The van der Waals surface area contributed by atoms with Gasteiger partial charge in [-0.15, -0.1) is 0 Å². The van der Waals surface area contributed by atoms with E-state index >= 15 is 0 Å². The first-order chi connectivity index (χ1) is 13.8. The minimum Gasteiger partial charge on any atom is -0.396 e. The van der Waals surface area contributed by atoms with E-state index < -0.39 is 0 Å². The Morgan fingerprint density at radius 3 is 2.31 bits per heavy atom. The van der Waals surface area contributed by atoms with Crippen LogP contribution in [0.4, 0.5) is 0 Å². The Morgan fingerprint density at radius 1 is 0.931 bits per heavy atom. The van der Waals surface area contributed by atoms with E-state index in [4.69, 9.17) is 0 Å². The van der Waals surface area contributed by atoms with Gasteiger partial charge in [-0.1, -0.05) is 34.1 Å². The molecule has 0 spiro atoms. The van der Waals surface area contributed by atoms with Crippen molar-refractivity contribution in [1.29, 1.82) is 0 Å². The fourth-order valence-corrected chi connectivity index (χ4v) is 9.55. The van der Waals surface area contributed by atoms with E-state index in [0.29, 0.717) is 52.9 Å². The number of fused-ring (bicyclic) bond motifs is 5. The van der Waals surface area contributed by atoms with Gasteiger partial charge in [-0.25, -0.2) is 0 Å². The highest BCUT2D eigenvalue weighted by Crippen LogP contribution is 2.69. The zero-order valence-corrected chi connectivity index (χ0v) is 19.3. The van der Waals surface area contributed by atoms with Crippen molar-refractivity contribution < 1.29 is 15.3 Å². The fourth-order valence-electron chi connectivity index (χ4n) is 9.55. The van der Waals surface area contributed by atoms with Gasteiger partial charge in [-0.3, -0.25) is 0 Å². The van der Waals surface area contributed by atoms with Gasteiger partial charge in [-0.05, 0) is 110 Å². The van der Waals surface area contributed by atoms with Gasteiger partial charge in [0.2, 0.25) is 0 Å². The third-order valence-electron chi connectivity index (χ3n) is 11.0. The van der Waals surface area contributed by atoms with Crippen molar-refractivity contribution in [2.24, 2.45) is 52.3 Å². The van der Waals surface area contributed by atoms with Crippen LogP contribution >= 0.6 is 0 Å². The second kappa shape index (κ2) is 8.10. The normalized spacial score (nSPS) is 53.1. The van der Waals surface area contributed by atoms with Crippen molar-refractivity contribution in [1.82, 2.24) is 0 Å². The zero-order valence-electron chi connectivity index (χ0n) is 19.3. The van der Waals surface area contributed by atoms with Crippen LogP contribution < -0.4 is 0 Å². The smallest absolute Gasteiger partial charge is 0.0605 e. The summed E-state index contributed by atoms with van der Waals surface area (Å²) >= 11 is 0. The highest BCUT2D eigenvalue weighted by Gasteiger charge is 2.64. The third kappa shape index (κ3) is 3.33. The number of hydrogen-bond acceptors (Lipinski definition) is 3. The van der Waals surface area contributed by atoms with Gasteiger partial charge in [0.25, 0.3) is 0 Å². The summed E-state index contributed by atoms with van der Waals surface area (Å²) in [6, 6.07) is 0. The Kier molecular flexibility index (Phi) is 6.17. The Morgan fingerprint density at radius 2 is 1.62 bits per heavy atom. The van der Waals surface area contributed by atoms with Crippen LogP contribution in [0, 0.1) is 52.3 Å². The molecule has 3 unspecified atom stereocenters. The lowest BCUT2D eigenvalue weighted by Crippen LogP contribution is -2.62. The molecule has 4 aliphatic rings. The van der Waals surface area contributed by atoms with Gasteiger partial charge >= 0.3 is 0 Å². The quantitative estimate of drug-likeness (QED) is 0.601. The van der Waals surface area contributed by atoms with Crippen molar-refractivity contribution in [3.8, 4) is 0 Å². The van der Waals surface area contributed by atoms with Gasteiger partial charge in [-0.2, -0.15) is 0 Å². The standard InChI is InChI=1S/C26H46O3/c1-5-18-22-15-17(28)10-12-26(22,4)21-11-13-25(3)19(16(2)7-6-14-27)8-9-20(25)23(21)24(18)29/h16-24,27-29H,5-15H2,1-4H3/t16-,17+,18-,19-,20?,21?,22+,23?,24-,25-,26-/m1/s1. The molecule has 0 aromatic heterocycles. The number of aliphatic hydroxyl groups excluding tert-OH is 3. The van der Waals surface area contributed by atoms with Crippen LogP contribution in [0.1, 0.15) is 91.9 Å². The van der Waals surface area contributed by atoms with Crippen molar-refractivity contribution in [3.63, 3.8) is 0 Å². The van der Waals surface area contributed by atoms with Crippen molar-refractivity contribution in [2.75, 3.05) is 6.61 Å². The topological polar surface area (TPSA) is 60.7 Å². The average molecular weight is 407 g/mol. The summed E-state index contributed by atoms with van der Waals surface area (Å²) in [5, 5.41) is 31.4. The molecule has 168 valence electrons. The molecule has 0 aliphatic heterocycles. The first kappa shape index (κ1) is 22.1. The van der Waals surface area contributed by atoms with E-state index in [-0.39, 0.29) is 12.2 Å². The lowest BCUT2D eigenvalue weighted by atomic mass is 9.41. The van der Waals surface area contributed by atoms with E-state index in [1.807, 2.05) is 0 Å². The molecule has 4 aliphatic carbocycles. The zero-order chi connectivity index (χ0) is 21.0. The molecule has 0 bridgehead atoms. The summed E-state index contributed by atoms with van der Waals surface area (Å²) in [4.78, 5) is 0. The molecule has 0 saturated heterocycles. The van der Waals surface area contributed by atoms with Gasteiger partial charge in [0.1, 0.15) is 0 Å². The minimum atomic E-state index is -0.190. The minimum absolute atomic E-state index is 0.164. The monoisotopic (exact) mass is 406 g/mol. The highest BCUT2D eigenvalue weighted by atomic mass is 16.3. The summed E-state index contributed by atoms with van der Waals surface area (Å²) in [5.41, 5.74) is 0.651. The molecule has 3 nitrogen and oxygen atoms in total. The summed E-state index contributed by atoms with van der Waals surface area (Å²) < 4.78 is 0. The molecule has 29 heavy (non-hydrogen) atoms. The molecular formula is C26H46O3. The third-order valence-corrected chi connectivity index (χ3v) is 11.0. The molecule has 0 aromatic rings. The summed E-state index contributed by atoms with van der Waals surface area (Å²) in [6.07, 6.45) is 10.9. The molecule has 11 atom stereocenters. The van der Waals surface area contributed by atoms with Crippen LogP contribution in [-0.4, -0.2) is 34.1 Å². The maximum absolute atomic E-state index is 11.7.